The van der Waals surface area contributed by atoms with Crippen LogP contribution < -0.4 is 10.1 Å². The highest BCUT2D eigenvalue weighted by molar-refractivity contribution is 6.15. The Morgan fingerprint density at radius 2 is 1.23 bits per heavy atom. The first kappa shape index (κ1) is 32.3. The molecule has 1 N–H and O–H groups in total. The SMILES string of the molecule is COc1ccc(C23NC(=O)N(Cc4ccc(C(=O)c5ccccc5)cc4)C2=NC=Nc2c3ncn2Cc2ccc(C(=O)c3ccccc3)cc2)cc1. The molecule has 254 valence electrons. The number of hydrogen-bond donors (Lipinski definition) is 1. The first-order valence-corrected chi connectivity index (χ1v) is 16.7. The molecule has 52 heavy (non-hydrogen) atoms. The van der Waals surface area contributed by atoms with Gasteiger partial charge in [0.15, 0.2) is 28.8 Å². The average Bonchev–Trinajstić information content (AvgIpc) is 3.67. The van der Waals surface area contributed by atoms with Gasteiger partial charge in [-0.2, -0.15) is 0 Å². The van der Waals surface area contributed by atoms with Crippen LogP contribution in [-0.4, -0.2) is 51.3 Å². The standard InChI is InChI=1S/C42H32N6O4/c1-52-35-22-20-34(21-23-35)42-38-39(47(27-45-38)24-28-12-16-32(17-13-28)36(49)30-8-4-2-5-9-30)43-26-44-40(42)48(41(51)46-42)25-29-14-18-33(19-15-29)37(50)31-10-6-3-7-11-31/h2-23,26-27H,24-25H2,1H3,(H,46,51). The van der Waals surface area contributed by atoms with Crippen molar-refractivity contribution in [1.82, 2.24) is 19.8 Å². The van der Waals surface area contributed by atoms with Crippen molar-refractivity contribution in [3.05, 3.63) is 184 Å². The van der Waals surface area contributed by atoms with Gasteiger partial charge in [0.25, 0.3) is 0 Å². The van der Waals surface area contributed by atoms with E-state index in [1.807, 2.05) is 102 Å². The van der Waals surface area contributed by atoms with E-state index < -0.39 is 5.54 Å². The molecule has 2 aliphatic rings. The maximum Gasteiger partial charge on any atom is 0.324 e. The van der Waals surface area contributed by atoms with Crippen LogP contribution in [0.2, 0.25) is 0 Å². The number of aromatic nitrogens is 2. The number of carbonyl (C=O) groups excluding carboxylic acids is 3. The van der Waals surface area contributed by atoms with Gasteiger partial charge in [0, 0.05) is 22.3 Å². The van der Waals surface area contributed by atoms with Crippen molar-refractivity contribution >= 4 is 35.6 Å². The van der Waals surface area contributed by atoms with Crippen LogP contribution in [-0.2, 0) is 18.6 Å². The second-order valence-corrected chi connectivity index (χ2v) is 12.5. The van der Waals surface area contributed by atoms with Gasteiger partial charge in [0.1, 0.15) is 17.8 Å². The monoisotopic (exact) mass is 684 g/mol. The summed E-state index contributed by atoms with van der Waals surface area (Å²) in [5, 5.41) is 3.22. The Labute approximate surface area is 299 Å². The number of imidazole rings is 1. The lowest BCUT2D eigenvalue weighted by molar-refractivity contribution is 0.103. The van der Waals surface area contributed by atoms with E-state index in [1.165, 1.54) is 6.34 Å². The van der Waals surface area contributed by atoms with E-state index in [-0.39, 0.29) is 24.1 Å². The van der Waals surface area contributed by atoms with Crippen molar-refractivity contribution in [3.63, 3.8) is 0 Å². The van der Waals surface area contributed by atoms with Crippen molar-refractivity contribution in [2.45, 2.75) is 18.6 Å². The first-order chi connectivity index (χ1) is 25.4. The van der Waals surface area contributed by atoms with Crippen molar-refractivity contribution in [2.75, 3.05) is 7.11 Å². The Kier molecular flexibility index (Phi) is 8.32. The molecule has 1 atom stereocenters. The zero-order chi connectivity index (χ0) is 35.7. The van der Waals surface area contributed by atoms with Crippen LogP contribution in [0.15, 0.2) is 150 Å². The van der Waals surface area contributed by atoms with Crippen molar-refractivity contribution in [1.29, 1.82) is 0 Å². The molecule has 10 nitrogen and oxygen atoms in total. The summed E-state index contributed by atoms with van der Waals surface area (Å²) in [4.78, 5) is 55.9. The van der Waals surface area contributed by atoms with Gasteiger partial charge >= 0.3 is 6.03 Å². The fourth-order valence-electron chi connectivity index (χ4n) is 6.68. The molecule has 3 heterocycles. The highest BCUT2D eigenvalue weighted by Crippen LogP contribution is 2.42. The van der Waals surface area contributed by atoms with E-state index >= 15 is 0 Å². The molecule has 0 bridgehead atoms. The van der Waals surface area contributed by atoms with E-state index in [9.17, 15) is 14.4 Å². The Balaban J connectivity index is 1.11. The molecular weight excluding hydrogens is 653 g/mol. The van der Waals surface area contributed by atoms with Crippen LogP contribution in [0.1, 0.15) is 54.2 Å². The number of fused-ring (bicyclic) bond motifs is 3. The largest absolute Gasteiger partial charge is 0.497 e. The third-order valence-electron chi connectivity index (χ3n) is 9.38. The molecule has 1 unspecified atom stereocenters. The van der Waals surface area contributed by atoms with Gasteiger partial charge in [-0.15, -0.1) is 0 Å². The Bertz CT molecular complexity index is 2350. The molecule has 8 rings (SSSR count). The van der Waals surface area contributed by atoms with Crippen LogP contribution in [0.3, 0.4) is 0 Å². The summed E-state index contributed by atoms with van der Waals surface area (Å²) in [5.41, 5.74) is 4.12. The van der Waals surface area contributed by atoms with Crippen molar-refractivity contribution < 1.29 is 19.1 Å². The molecular formula is C42H32N6O4. The van der Waals surface area contributed by atoms with Crippen LogP contribution in [0.5, 0.6) is 5.75 Å². The van der Waals surface area contributed by atoms with Crippen LogP contribution in [0.4, 0.5) is 10.6 Å². The molecule has 10 heteroatoms. The number of methoxy groups -OCH3 is 1. The molecule has 1 aromatic heterocycles. The summed E-state index contributed by atoms with van der Waals surface area (Å²) >= 11 is 0. The van der Waals surface area contributed by atoms with E-state index in [0.717, 1.165) is 16.7 Å². The predicted molar refractivity (Wildman–Crippen MR) is 197 cm³/mol. The van der Waals surface area contributed by atoms with Gasteiger partial charge < -0.3 is 14.6 Å². The third kappa shape index (κ3) is 5.75. The van der Waals surface area contributed by atoms with E-state index in [0.29, 0.717) is 51.9 Å². The van der Waals surface area contributed by atoms with Gasteiger partial charge in [-0.1, -0.05) is 121 Å². The quantitative estimate of drug-likeness (QED) is 0.157. The fraction of sp³-hybridized carbons (Fsp3) is 0.0952. The zero-order valence-electron chi connectivity index (χ0n) is 28.1. The lowest BCUT2D eigenvalue weighted by Crippen LogP contribution is -2.45. The number of hydrogen-bond acceptors (Lipinski definition) is 7. The van der Waals surface area contributed by atoms with E-state index in [4.69, 9.17) is 19.7 Å². The first-order valence-electron chi connectivity index (χ1n) is 16.7. The summed E-state index contributed by atoms with van der Waals surface area (Å²) in [6.45, 7) is 0.611. The fourth-order valence-corrected chi connectivity index (χ4v) is 6.68. The minimum atomic E-state index is -1.27. The smallest absolute Gasteiger partial charge is 0.324 e. The average molecular weight is 685 g/mol. The molecule has 0 saturated carbocycles. The molecule has 2 amide bonds. The number of urea groups is 1. The predicted octanol–water partition coefficient (Wildman–Crippen LogP) is 6.94. The highest BCUT2D eigenvalue weighted by Gasteiger charge is 2.55. The number of nitrogens with zero attached hydrogens (tertiary/aromatic N) is 5. The summed E-state index contributed by atoms with van der Waals surface area (Å²) in [5.74, 6) is 1.49. The molecule has 6 aromatic rings. The van der Waals surface area contributed by atoms with E-state index in [2.05, 4.69) is 5.32 Å². The number of ether oxygens (including phenoxy) is 1. The highest BCUT2D eigenvalue weighted by atomic mass is 16.5. The van der Waals surface area contributed by atoms with Crippen LogP contribution >= 0.6 is 0 Å². The van der Waals surface area contributed by atoms with Gasteiger partial charge in [-0.05, 0) is 28.8 Å². The second kappa shape index (κ2) is 13.4. The lowest BCUT2D eigenvalue weighted by atomic mass is 9.85. The normalized spacial score (nSPS) is 16.0. The second-order valence-electron chi connectivity index (χ2n) is 12.5. The third-order valence-corrected chi connectivity index (χ3v) is 9.38. The number of benzene rings is 5. The number of amides is 2. The summed E-state index contributed by atoms with van der Waals surface area (Å²) < 4.78 is 7.34. The Morgan fingerprint density at radius 3 is 1.79 bits per heavy atom. The summed E-state index contributed by atoms with van der Waals surface area (Å²) in [6.07, 6.45) is 3.16. The van der Waals surface area contributed by atoms with Crippen LogP contribution in [0.25, 0.3) is 0 Å². The minimum Gasteiger partial charge on any atom is -0.497 e. The molecule has 5 aromatic carbocycles. The Hall–Kier alpha value is -6.94. The Morgan fingerprint density at radius 1 is 0.692 bits per heavy atom. The van der Waals surface area contributed by atoms with Gasteiger partial charge in [-0.3, -0.25) is 14.5 Å². The molecule has 0 aliphatic carbocycles. The summed E-state index contributed by atoms with van der Waals surface area (Å²) in [7, 11) is 1.60. The van der Waals surface area contributed by atoms with Gasteiger partial charge in [0.05, 0.1) is 26.5 Å². The minimum absolute atomic E-state index is 0.0440. The number of rotatable bonds is 10. The van der Waals surface area contributed by atoms with Gasteiger partial charge in [0.2, 0.25) is 0 Å². The maximum atomic E-state index is 14.0. The van der Waals surface area contributed by atoms with E-state index in [1.54, 1.807) is 54.7 Å². The summed E-state index contributed by atoms with van der Waals surface area (Å²) in [6, 6.07) is 40.1. The molecule has 0 radical (unpaired) electrons. The number of carbonyl (C=O) groups is 3. The maximum absolute atomic E-state index is 14.0. The number of nitrogens with one attached hydrogen (secondary N) is 1. The molecule has 0 spiro atoms. The molecule has 1 saturated heterocycles. The van der Waals surface area contributed by atoms with Crippen molar-refractivity contribution in [3.8, 4) is 5.75 Å². The topological polar surface area (TPSA) is 118 Å². The van der Waals surface area contributed by atoms with Crippen LogP contribution in [0, 0.1) is 0 Å². The van der Waals surface area contributed by atoms with Crippen molar-refractivity contribution in [2.24, 2.45) is 9.98 Å². The number of amidine groups is 1. The zero-order valence-corrected chi connectivity index (χ0v) is 28.1. The number of aliphatic imine (C=N–C) groups is 2. The molecule has 1 fully saturated rings. The lowest BCUT2D eigenvalue weighted by Gasteiger charge is -2.28. The van der Waals surface area contributed by atoms with Gasteiger partial charge in [-0.25, -0.2) is 19.8 Å². The number of ketones is 2. The molecule has 2 aliphatic heterocycles.